The van der Waals surface area contributed by atoms with Crippen molar-refractivity contribution in [3.63, 3.8) is 0 Å². The number of likely N-dealkylation sites (tertiary alicyclic amines) is 1. The van der Waals surface area contributed by atoms with Gasteiger partial charge in [0.1, 0.15) is 0 Å². The lowest BCUT2D eigenvalue weighted by Gasteiger charge is -2.42. The van der Waals surface area contributed by atoms with Crippen LogP contribution in [0.15, 0.2) is 46.6 Å². The average molecular weight is 366 g/mol. The fourth-order valence-electron chi connectivity index (χ4n) is 4.21. The second-order valence-electron chi connectivity index (χ2n) is 7.05. The molecule has 3 aromatic heterocycles. The number of amides is 1. The minimum absolute atomic E-state index is 0.0366. The molecule has 0 spiro atoms. The normalized spacial score (nSPS) is 21.5. The second-order valence-corrected chi connectivity index (χ2v) is 8.00. The van der Waals surface area contributed by atoms with E-state index in [1.165, 1.54) is 0 Å². The van der Waals surface area contributed by atoms with Crippen LogP contribution in [0.1, 0.15) is 28.5 Å². The van der Waals surface area contributed by atoms with Crippen LogP contribution in [0.5, 0.6) is 0 Å². The van der Waals surface area contributed by atoms with E-state index in [9.17, 15) is 9.59 Å². The summed E-state index contributed by atoms with van der Waals surface area (Å²) < 4.78 is 1.88. The first kappa shape index (κ1) is 15.6. The fraction of sp³-hybridized carbons (Fsp3) is 0.316. The fourth-order valence-corrected chi connectivity index (χ4v) is 4.91. The summed E-state index contributed by atoms with van der Waals surface area (Å²) >= 11 is 1.62. The van der Waals surface area contributed by atoms with Crippen molar-refractivity contribution in [1.82, 2.24) is 19.7 Å². The molecule has 1 fully saturated rings. The lowest BCUT2D eigenvalue weighted by atomic mass is 9.83. The van der Waals surface area contributed by atoms with E-state index in [2.05, 4.69) is 10.2 Å². The molecule has 2 bridgehead atoms. The Kier molecular flexibility index (Phi) is 3.56. The molecule has 3 aromatic rings. The molecule has 2 aliphatic heterocycles. The van der Waals surface area contributed by atoms with Gasteiger partial charge in [-0.05, 0) is 35.9 Å². The van der Waals surface area contributed by atoms with Crippen LogP contribution in [0, 0.1) is 5.92 Å². The Balaban J connectivity index is 1.41. The number of H-pyrrole nitrogens is 1. The van der Waals surface area contributed by atoms with Crippen molar-refractivity contribution >= 4 is 17.2 Å². The van der Waals surface area contributed by atoms with Crippen molar-refractivity contribution in [2.24, 2.45) is 5.92 Å². The molecule has 1 N–H and O–H groups in total. The van der Waals surface area contributed by atoms with Gasteiger partial charge in [0.2, 0.25) is 0 Å². The Bertz CT molecular complexity index is 1020. The topological polar surface area (TPSA) is 71.0 Å². The lowest BCUT2D eigenvalue weighted by molar-refractivity contribution is 0.0588. The first-order chi connectivity index (χ1) is 12.7. The highest BCUT2D eigenvalue weighted by atomic mass is 32.1. The SMILES string of the molecule is O=C(c1cc(-c2cccs2)[nH]n1)N1C[C@@H]2C[C@H](C1)c1cccc(=O)n1C2. The first-order valence-corrected chi connectivity index (χ1v) is 9.65. The Morgan fingerprint density at radius 2 is 2.12 bits per heavy atom. The molecular weight excluding hydrogens is 348 g/mol. The highest BCUT2D eigenvalue weighted by molar-refractivity contribution is 7.13. The van der Waals surface area contributed by atoms with Crippen molar-refractivity contribution in [2.45, 2.75) is 18.9 Å². The number of carbonyl (C=O) groups excluding carboxylic acids is 1. The third kappa shape index (κ3) is 2.50. The van der Waals surface area contributed by atoms with Gasteiger partial charge < -0.3 is 9.47 Å². The van der Waals surface area contributed by atoms with Gasteiger partial charge in [-0.3, -0.25) is 14.7 Å². The Morgan fingerprint density at radius 3 is 2.96 bits per heavy atom. The standard InChI is InChI=1S/C19H18N4O2S/c24-18-5-1-3-16-13-7-12(10-23(16)18)9-22(11-13)19(25)15-8-14(20-21-15)17-4-2-6-26-17/h1-6,8,12-13H,7,9-11H2,(H,20,21)/t12-,13+/m0/s1. The zero-order valence-electron chi connectivity index (χ0n) is 14.1. The van der Waals surface area contributed by atoms with Gasteiger partial charge in [-0.15, -0.1) is 11.3 Å². The van der Waals surface area contributed by atoms with E-state index in [-0.39, 0.29) is 17.4 Å². The summed E-state index contributed by atoms with van der Waals surface area (Å²) in [7, 11) is 0. The summed E-state index contributed by atoms with van der Waals surface area (Å²) in [6, 6.07) is 11.3. The van der Waals surface area contributed by atoms with Gasteiger partial charge in [-0.25, -0.2) is 0 Å². The van der Waals surface area contributed by atoms with E-state index in [0.717, 1.165) is 22.7 Å². The van der Waals surface area contributed by atoms with Crippen LogP contribution >= 0.6 is 11.3 Å². The Morgan fingerprint density at radius 1 is 1.19 bits per heavy atom. The maximum absolute atomic E-state index is 13.0. The van der Waals surface area contributed by atoms with Gasteiger partial charge in [0.15, 0.2) is 5.69 Å². The molecule has 1 saturated heterocycles. The number of hydrogen-bond acceptors (Lipinski definition) is 4. The van der Waals surface area contributed by atoms with Crippen LogP contribution in [-0.2, 0) is 6.54 Å². The molecule has 0 aromatic carbocycles. The summed E-state index contributed by atoms with van der Waals surface area (Å²) in [6.07, 6.45) is 1.04. The quantitative estimate of drug-likeness (QED) is 0.758. The average Bonchev–Trinajstić information content (AvgIpc) is 3.33. The number of hydrogen-bond donors (Lipinski definition) is 1. The van der Waals surface area contributed by atoms with Crippen molar-refractivity contribution in [3.05, 3.63) is 63.5 Å². The number of thiophene rings is 1. The number of piperidine rings is 1. The van der Waals surface area contributed by atoms with Crippen LogP contribution in [0.2, 0.25) is 0 Å². The van der Waals surface area contributed by atoms with Crippen LogP contribution < -0.4 is 5.56 Å². The number of carbonyl (C=O) groups is 1. The highest BCUT2D eigenvalue weighted by Crippen LogP contribution is 2.35. The van der Waals surface area contributed by atoms with Crippen LogP contribution in [0.3, 0.4) is 0 Å². The summed E-state index contributed by atoms with van der Waals surface area (Å²) in [6.45, 7) is 2.01. The predicted octanol–water partition coefficient (Wildman–Crippen LogP) is 2.56. The van der Waals surface area contributed by atoms with E-state index < -0.39 is 0 Å². The summed E-state index contributed by atoms with van der Waals surface area (Å²) in [4.78, 5) is 28.1. The van der Waals surface area contributed by atoms with E-state index in [4.69, 9.17) is 0 Å². The van der Waals surface area contributed by atoms with Crippen molar-refractivity contribution in [2.75, 3.05) is 13.1 Å². The number of nitrogens with one attached hydrogen (secondary N) is 1. The smallest absolute Gasteiger partial charge is 0.274 e. The molecule has 0 aliphatic carbocycles. The Hall–Kier alpha value is -2.67. The number of pyridine rings is 1. The number of aromatic nitrogens is 3. The largest absolute Gasteiger partial charge is 0.336 e. The summed E-state index contributed by atoms with van der Waals surface area (Å²) in [5.41, 5.74) is 2.44. The molecule has 6 nitrogen and oxygen atoms in total. The summed E-state index contributed by atoms with van der Waals surface area (Å²) in [5.74, 6) is 0.502. The molecule has 2 atom stereocenters. The van der Waals surface area contributed by atoms with Crippen molar-refractivity contribution in [1.29, 1.82) is 0 Å². The maximum atomic E-state index is 13.0. The minimum atomic E-state index is -0.0366. The van der Waals surface area contributed by atoms with Gasteiger partial charge in [0.05, 0.1) is 10.6 Å². The monoisotopic (exact) mass is 366 g/mol. The van der Waals surface area contributed by atoms with E-state index in [1.807, 2.05) is 45.2 Å². The highest BCUT2D eigenvalue weighted by Gasteiger charge is 2.36. The molecule has 1 amide bonds. The third-order valence-electron chi connectivity index (χ3n) is 5.35. The number of aromatic amines is 1. The van der Waals surface area contributed by atoms with Gasteiger partial charge in [0, 0.05) is 37.3 Å². The zero-order valence-corrected chi connectivity index (χ0v) is 14.9. The second kappa shape index (κ2) is 5.95. The Labute approximate surface area is 154 Å². The van der Waals surface area contributed by atoms with Gasteiger partial charge in [0.25, 0.3) is 11.5 Å². The van der Waals surface area contributed by atoms with E-state index >= 15 is 0 Å². The minimum Gasteiger partial charge on any atom is -0.336 e. The molecule has 7 heteroatoms. The van der Waals surface area contributed by atoms with Gasteiger partial charge >= 0.3 is 0 Å². The number of fused-ring (bicyclic) bond motifs is 4. The zero-order chi connectivity index (χ0) is 17.7. The van der Waals surface area contributed by atoms with Crippen molar-refractivity contribution < 1.29 is 4.79 Å². The van der Waals surface area contributed by atoms with Gasteiger partial charge in [-0.1, -0.05) is 12.1 Å². The van der Waals surface area contributed by atoms with Crippen LogP contribution in [0.25, 0.3) is 10.6 Å². The van der Waals surface area contributed by atoms with Crippen LogP contribution in [-0.4, -0.2) is 38.7 Å². The molecule has 0 unspecified atom stereocenters. The van der Waals surface area contributed by atoms with Crippen LogP contribution in [0.4, 0.5) is 0 Å². The van der Waals surface area contributed by atoms with E-state index in [1.54, 1.807) is 17.4 Å². The third-order valence-corrected chi connectivity index (χ3v) is 6.25. The molecule has 132 valence electrons. The number of rotatable bonds is 2. The molecule has 5 heterocycles. The lowest BCUT2D eigenvalue weighted by Crippen LogP contribution is -2.49. The number of nitrogens with zero attached hydrogens (tertiary/aromatic N) is 3. The van der Waals surface area contributed by atoms with E-state index in [0.29, 0.717) is 31.2 Å². The maximum Gasteiger partial charge on any atom is 0.274 e. The first-order valence-electron chi connectivity index (χ1n) is 8.77. The molecule has 26 heavy (non-hydrogen) atoms. The molecule has 0 radical (unpaired) electrons. The molecular formula is C19H18N4O2S. The molecule has 2 aliphatic rings. The predicted molar refractivity (Wildman–Crippen MR) is 99.4 cm³/mol. The molecule has 5 rings (SSSR count). The van der Waals surface area contributed by atoms with Gasteiger partial charge in [-0.2, -0.15) is 5.10 Å². The van der Waals surface area contributed by atoms with Crippen molar-refractivity contribution in [3.8, 4) is 10.6 Å². The summed E-state index contributed by atoms with van der Waals surface area (Å²) in [5, 5.41) is 9.21. The molecule has 0 saturated carbocycles.